The summed E-state index contributed by atoms with van der Waals surface area (Å²) < 4.78 is 5.08. The summed E-state index contributed by atoms with van der Waals surface area (Å²) >= 11 is 0. The van der Waals surface area contributed by atoms with Gasteiger partial charge in [0.1, 0.15) is 5.75 Å². The van der Waals surface area contributed by atoms with Crippen LogP contribution in [0.5, 0.6) is 5.75 Å². The number of benzene rings is 1. The molecule has 0 aliphatic carbocycles. The second-order valence-electron chi connectivity index (χ2n) is 3.06. The summed E-state index contributed by atoms with van der Waals surface area (Å²) in [4.78, 5) is 0. The van der Waals surface area contributed by atoms with E-state index in [1.807, 2.05) is 12.1 Å². The van der Waals surface area contributed by atoms with Crippen molar-refractivity contribution in [3.8, 4) is 5.75 Å². The number of nitrogens with one attached hydrogen (secondary N) is 2. The molecule has 0 saturated heterocycles. The van der Waals surface area contributed by atoms with Gasteiger partial charge in [0, 0.05) is 13.2 Å². The van der Waals surface area contributed by atoms with Gasteiger partial charge in [-0.25, -0.2) is 0 Å². The smallest absolute Gasteiger partial charge is 0.118 e. The molecule has 0 radical (unpaired) electrons. The zero-order valence-corrected chi connectivity index (χ0v) is 8.84. The van der Waals surface area contributed by atoms with Crippen molar-refractivity contribution in [1.29, 1.82) is 0 Å². The summed E-state index contributed by atoms with van der Waals surface area (Å²) in [6, 6.07) is 8.09. The molecule has 0 heterocycles. The molecule has 0 saturated carbocycles. The zero-order valence-electron chi connectivity index (χ0n) is 8.84. The normalized spacial score (nSPS) is 10.1. The van der Waals surface area contributed by atoms with E-state index in [4.69, 9.17) is 4.74 Å². The Morgan fingerprint density at radius 2 is 1.86 bits per heavy atom. The number of rotatable bonds is 6. The van der Waals surface area contributed by atoms with Gasteiger partial charge < -0.3 is 15.4 Å². The highest BCUT2D eigenvalue weighted by Crippen LogP contribution is 2.10. The Hall–Kier alpha value is -1.06. The fourth-order valence-corrected chi connectivity index (χ4v) is 1.16. The third-order valence-corrected chi connectivity index (χ3v) is 1.99. The minimum atomic E-state index is 0.850. The summed E-state index contributed by atoms with van der Waals surface area (Å²) in [5.41, 5.74) is 1.27. The van der Waals surface area contributed by atoms with Gasteiger partial charge >= 0.3 is 0 Å². The van der Waals surface area contributed by atoms with Crippen molar-refractivity contribution in [2.24, 2.45) is 0 Å². The lowest BCUT2D eigenvalue weighted by atomic mass is 10.2. The molecule has 1 aromatic carbocycles. The lowest BCUT2D eigenvalue weighted by Gasteiger charge is -2.05. The summed E-state index contributed by atoms with van der Waals surface area (Å²) in [7, 11) is 1.68. The van der Waals surface area contributed by atoms with Crippen LogP contribution in [0, 0.1) is 0 Å². The minimum absolute atomic E-state index is 0.850. The van der Waals surface area contributed by atoms with Crippen LogP contribution in [0.1, 0.15) is 12.5 Å². The standard InChI is InChI=1S/C11H18N2O/c1-3-12-9-13-8-10-4-6-11(14-2)7-5-10/h4-7,12-13H,3,8-9H2,1-2H3. The quantitative estimate of drug-likeness (QED) is 0.530. The average molecular weight is 194 g/mol. The third-order valence-electron chi connectivity index (χ3n) is 1.99. The molecule has 0 spiro atoms. The number of ether oxygens (including phenoxy) is 1. The van der Waals surface area contributed by atoms with Crippen molar-refractivity contribution in [3.63, 3.8) is 0 Å². The Bertz CT molecular complexity index is 246. The second kappa shape index (κ2) is 6.40. The first kappa shape index (κ1) is 11.0. The van der Waals surface area contributed by atoms with Crippen molar-refractivity contribution in [2.75, 3.05) is 20.3 Å². The van der Waals surface area contributed by atoms with Gasteiger partial charge in [-0.3, -0.25) is 0 Å². The van der Waals surface area contributed by atoms with E-state index in [1.54, 1.807) is 7.11 Å². The van der Waals surface area contributed by atoms with Gasteiger partial charge in [0.2, 0.25) is 0 Å². The van der Waals surface area contributed by atoms with Gasteiger partial charge in [0.25, 0.3) is 0 Å². The Morgan fingerprint density at radius 1 is 1.14 bits per heavy atom. The summed E-state index contributed by atoms with van der Waals surface area (Å²) in [6.07, 6.45) is 0. The molecule has 1 rings (SSSR count). The maximum absolute atomic E-state index is 5.08. The fourth-order valence-electron chi connectivity index (χ4n) is 1.16. The molecule has 78 valence electrons. The van der Waals surface area contributed by atoms with Crippen LogP contribution in [0.25, 0.3) is 0 Å². The first-order valence-electron chi connectivity index (χ1n) is 4.91. The predicted octanol–water partition coefficient (Wildman–Crippen LogP) is 1.35. The summed E-state index contributed by atoms with van der Waals surface area (Å²) in [5.74, 6) is 0.903. The van der Waals surface area contributed by atoms with Gasteiger partial charge in [-0.1, -0.05) is 19.1 Å². The van der Waals surface area contributed by atoms with Crippen LogP contribution in [0.2, 0.25) is 0 Å². The first-order valence-corrected chi connectivity index (χ1v) is 4.91. The molecule has 2 N–H and O–H groups in total. The van der Waals surface area contributed by atoms with Crippen LogP contribution in [-0.4, -0.2) is 20.3 Å². The highest BCUT2D eigenvalue weighted by Gasteiger charge is 1.92. The molecule has 0 aromatic heterocycles. The molecule has 0 bridgehead atoms. The maximum Gasteiger partial charge on any atom is 0.118 e. The Kier molecular flexibility index (Phi) is 5.04. The van der Waals surface area contributed by atoms with Crippen molar-refractivity contribution in [3.05, 3.63) is 29.8 Å². The van der Waals surface area contributed by atoms with Crippen LogP contribution in [0.3, 0.4) is 0 Å². The SMILES string of the molecule is CCNCNCc1ccc(OC)cc1. The first-order chi connectivity index (χ1) is 6.86. The number of hydrogen-bond donors (Lipinski definition) is 2. The molecule has 1 aromatic rings. The van der Waals surface area contributed by atoms with Gasteiger partial charge in [0.15, 0.2) is 0 Å². The van der Waals surface area contributed by atoms with E-state index in [1.165, 1.54) is 5.56 Å². The molecular formula is C11H18N2O. The Balaban J connectivity index is 2.29. The summed E-state index contributed by atoms with van der Waals surface area (Å²) in [6.45, 7) is 4.82. The van der Waals surface area contributed by atoms with Crippen molar-refractivity contribution < 1.29 is 4.74 Å². The van der Waals surface area contributed by atoms with Gasteiger partial charge in [-0.05, 0) is 24.2 Å². The van der Waals surface area contributed by atoms with E-state index in [9.17, 15) is 0 Å². The minimum Gasteiger partial charge on any atom is -0.497 e. The molecule has 0 fully saturated rings. The van der Waals surface area contributed by atoms with Gasteiger partial charge in [-0.2, -0.15) is 0 Å². The van der Waals surface area contributed by atoms with Crippen molar-refractivity contribution in [2.45, 2.75) is 13.5 Å². The van der Waals surface area contributed by atoms with E-state index in [0.717, 1.165) is 25.5 Å². The molecule has 3 nitrogen and oxygen atoms in total. The molecule has 0 atom stereocenters. The fraction of sp³-hybridized carbons (Fsp3) is 0.455. The molecular weight excluding hydrogens is 176 g/mol. The van der Waals surface area contributed by atoms with E-state index in [2.05, 4.69) is 29.7 Å². The third kappa shape index (κ3) is 3.77. The van der Waals surface area contributed by atoms with Gasteiger partial charge in [-0.15, -0.1) is 0 Å². The lowest BCUT2D eigenvalue weighted by Crippen LogP contribution is -2.28. The van der Waals surface area contributed by atoms with Crippen LogP contribution in [-0.2, 0) is 6.54 Å². The average Bonchev–Trinajstić information content (AvgIpc) is 2.25. The number of hydrogen-bond acceptors (Lipinski definition) is 3. The zero-order chi connectivity index (χ0) is 10.2. The van der Waals surface area contributed by atoms with E-state index < -0.39 is 0 Å². The number of methoxy groups -OCH3 is 1. The molecule has 14 heavy (non-hydrogen) atoms. The largest absolute Gasteiger partial charge is 0.497 e. The van der Waals surface area contributed by atoms with E-state index >= 15 is 0 Å². The van der Waals surface area contributed by atoms with Crippen LogP contribution in [0.4, 0.5) is 0 Å². The van der Waals surface area contributed by atoms with Crippen LogP contribution < -0.4 is 15.4 Å². The summed E-state index contributed by atoms with van der Waals surface area (Å²) in [5, 5.41) is 6.49. The molecule has 0 unspecified atom stereocenters. The van der Waals surface area contributed by atoms with Crippen LogP contribution in [0.15, 0.2) is 24.3 Å². The Labute approximate surface area is 85.5 Å². The molecule has 3 heteroatoms. The predicted molar refractivity (Wildman–Crippen MR) is 58.4 cm³/mol. The van der Waals surface area contributed by atoms with E-state index in [-0.39, 0.29) is 0 Å². The molecule has 0 aliphatic heterocycles. The highest BCUT2D eigenvalue weighted by molar-refractivity contribution is 5.26. The van der Waals surface area contributed by atoms with Crippen molar-refractivity contribution in [1.82, 2.24) is 10.6 Å². The highest BCUT2D eigenvalue weighted by atomic mass is 16.5. The van der Waals surface area contributed by atoms with Gasteiger partial charge in [0.05, 0.1) is 7.11 Å². The topological polar surface area (TPSA) is 33.3 Å². The Morgan fingerprint density at radius 3 is 2.43 bits per heavy atom. The lowest BCUT2D eigenvalue weighted by molar-refractivity contribution is 0.414. The second-order valence-corrected chi connectivity index (χ2v) is 3.06. The molecule has 0 amide bonds. The van der Waals surface area contributed by atoms with Crippen molar-refractivity contribution >= 4 is 0 Å². The van der Waals surface area contributed by atoms with Crippen LogP contribution >= 0.6 is 0 Å². The van der Waals surface area contributed by atoms with E-state index in [0.29, 0.717) is 0 Å². The molecule has 0 aliphatic rings. The monoisotopic (exact) mass is 194 g/mol. The maximum atomic E-state index is 5.08.